The summed E-state index contributed by atoms with van der Waals surface area (Å²) in [5, 5.41) is 4.49. The van der Waals surface area contributed by atoms with Crippen LogP contribution in [0.25, 0.3) is 11.0 Å². The molecule has 3 unspecified atom stereocenters. The van der Waals surface area contributed by atoms with Crippen LogP contribution in [0.1, 0.15) is 35.0 Å². The lowest BCUT2D eigenvalue weighted by molar-refractivity contribution is 0.0996. The quantitative estimate of drug-likeness (QED) is 0.778. The van der Waals surface area contributed by atoms with Crippen molar-refractivity contribution in [3.63, 3.8) is 0 Å². The number of nitrogens with zero attached hydrogens (tertiary/aromatic N) is 1. The third-order valence-corrected chi connectivity index (χ3v) is 5.57. The van der Waals surface area contributed by atoms with E-state index < -0.39 is 5.91 Å². The van der Waals surface area contributed by atoms with E-state index in [4.69, 9.17) is 10.2 Å². The number of hydrogen-bond donors (Lipinski definition) is 2. The monoisotopic (exact) mass is 383 g/mol. The predicted octanol–water partition coefficient (Wildman–Crippen LogP) is 2.00. The van der Waals surface area contributed by atoms with Gasteiger partial charge in [0.2, 0.25) is 0 Å². The van der Waals surface area contributed by atoms with Crippen molar-refractivity contribution in [1.82, 2.24) is 10.3 Å². The van der Waals surface area contributed by atoms with Crippen LogP contribution in [-0.4, -0.2) is 23.5 Å². The Kier molecular flexibility index (Phi) is 2.78. The van der Waals surface area contributed by atoms with E-state index in [1.54, 1.807) is 12.3 Å². The van der Waals surface area contributed by atoms with Crippen molar-refractivity contribution in [2.45, 2.75) is 24.8 Å². The van der Waals surface area contributed by atoms with Gasteiger partial charge in [-0.15, -0.1) is 0 Å². The van der Waals surface area contributed by atoms with Gasteiger partial charge in [-0.2, -0.15) is 0 Å². The topological polar surface area (TPSA) is 81.2 Å². The smallest absolute Gasteiger partial charge is 0.267 e. The van der Waals surface area contributed by atoms with Crippen LogP contribution in [0.3, 0.4) is 0 Å². The maximum Gasteiger partial charge on any atom is 0.267 e. The maximum absolute atomic E-state index is 11.2. The van der Waals surface area contributed by atoms with E-state index >= 15 is 0 Å². The molecular weight excluding hydrogens is 369 g/mol. The lowest BCUT2D eigenvalue weighted by Gasteiger charge is -2.21. The summed E-state index contributed by atoms with van der Waals surface area (Å²) in [6.45, 7) is 1.13. The summed E-state index contributed by atoms with van der Waals surface area (Å²) in [6.07, 6.45) is 4.02. The fraction of sp³-hybridized carbons (Fsp3) is 0.429. The normalized spacial score (nSPS) is 28.4. The van der Waals surface area contributed by atoms with Gasteiger partial charge in [-0.05, 0) is 54.0 Å². The molecule has 1 saturated carbocycles. The number of nitrogens with one attached hydrogen (secondary N) is 1. The minimum atomic E-state index is -0.507. The van der Waals surface area contributed by atoms with Gasteiger partial charge in [0.05, 0.1) is 9.77 Å². The number of pyridine rings is 1. The van der Waals surface area contributed by atoms with Gasteiger partial charge in [0, 0.05) is 17.3 Å². The Labute approximate surface area is 129 Å². The number of furan rings is 1. The van der Waals surface area contributed by atoms with Gasteiger partial charge in [-0.25, -0.2) is 4.98 Å². The Morgan fingerprint density at radius 1 is 1.50 bits per heavy atom. The molecule has 1 aliphatic carbocycles. The second-order valence-electron chi connectivity index (χ2n) is 5.67. The van der Waals surface area contributed by atoms with Crippen molar-refractivity contribution >= 4 is 39.5 Å². The fourth-order valence-electron chi connectivity index (χ4n) is 3.51. The number of halogens is 1. The van der Waals surface area contributed by atoms with Crippen LogP contribution in [0, 0.1) is 9.49 Å². The molecule has 0 aromatic carbocycles. The highest BCUT2D eigenvalue weighted by Gasteiger charge is 2.42. The summed E-state index contributed by atoms with van der Waals surface area (Å²) in [5.41, 5.74) is 6.31. The van der Waals surface area contributed by atoms with E-state index in [1.165, 1.54) is 12.8 Å². The Bertz CT molecular complexity index is 712. The van der Waals surface area contributed by atoms with Crippen molar-refractivity contribution in [3.8, 4) is 0 Å². The highest BCUT2D eigenvalue weighted by atomic mass is 127. The first-order chi connectivity index (χ1) is 9.63. The Balaban J connectivity index is 1.81. The number of primary amides is 1. The Hall–Kier alpha value is -1.15. The second kappa shape index (κ2) is 4.42. The SMILES string of the molecule is NC(=O)c1cc2c(I)c(C3CC4CNC3C4)oc2cn1. The van der Waals surface area contributed by atoms with Crippen LogP contribution in [0.5, 0.6) is 0 Å². The lowest BCUT2D eigenvalue weighted by atomic mass is 9.97. The zero-order chi connectivity index (χ0) is 13.9. The van der Waals surface area contributed by atoms with Gasteiger partial charge >= 0.3 is 0 Å². The number of hydrogen-bond acceptors (Lipinski definition) is 4. The molecule has 3 heterocycles. The van der Waals surface area contributed by atoms with E-state index in [1.807, 2.05) is 0 Å². The van der Waals surface area contributed by atoms with Gasteiger partial charge in [-0.1, -0.05) is 0 Å². The zero-order valence-electron chi connectivity index (χ0n) is 10.7. The summed E-state index contributed by atoms with van der Waals surface area (Å²) < 4.78 is 7.09. The molecule has 0 spiro atoms. The molecule has 2 aromatic heterocycles. The van der Waals surface area contributed by atoms with E-state index in [0.717, 1.165) is 32.8 Å². The Morgan fingerprint density at radius 3 is 3.00 bits per heavy atom. The molecule has 4 rings (SSSR count). The van der Waals surface area contributed by atoms with Crippen LogP contribution < -0.4 is 11.1 Å². The molecule has 6 heteroatoms. The molecule has 2 aliphatic rings. The minimum Gasteiger partial charge on any atom is -0.458 e. The summed E-state index contributed by atoms with van der Waals surface area (Å²) in [5.74, 6) is 1.73. The van der Waals surface area contributed by atoms with Gasteiger partial charge in [0.15, 0.2) is 5.58 Å². The highest BCUT2D eigenvalue weighted by Crippen LogP contribution is 2.45. The standard InChI is InChI=1S/C14H14IN3O2/c15-12-8-3-10(14(16)19)18-5-11(8)20-13(12)7-1-6-2-9(7)17-4-6/h3,5-7,9,17H,1-2,4H2,(H2,16,19). The number of amides is 1. The molecule has 1 amide bonds. The van der Waals surface area contributed by atoms with Crippen molar-refractivity contribution < 1.29 is 9.21 Å². The molecule has 104 valence electrons. The zero-order valence-corrected chi connectivity index (χ0v) is 12.9. The second-order valence-corrected chi connectivity index (χ2v) is 6.75. The van der Waals surface area contributed by atoms with Crippen molar-refractivity contribution in [2.75, 3.05) is 6.54 Å². The molecule has 3 N–H and O–H groups in total. The first-order valence-corrected chi connectivity index (χ1v) is 7.82. The van der Waals surface area contributed by atoms with Crippen LogP contribution in [0.2, 0.25) is 0 Å². The predicted molar refractivity (Wildman–Crippen MR) is 82.5 cm³/mol. The van der Waals surface area contributed by atoms with Gasteiger partial charge < -0.3 is 15.5 Å². The molecule has 20 heavy (non-hydrogen) atoms. The molecule has 1 aliphatic heterocycles. The average Bonchev–Trinajstić information content (AvgIpc) is 3.12. The van der Waals surface area contributed by atoms with Gasteiger partial charge in [0.1, 0.15) is 11.5 Å². The number of carbonyl (C=O) groups is 1. The summed E-state index contributed by atoms with van der Waals surface area (Å²) in [6, 6.07) is 2.25. The highest BCUT2D eigenvalue weighted by molar-refractivity contribution is 14.1. The first-order valence-electron chi connectivity index (χ1n) is 6.74. The molecular formula is C14H14IN3O2. The maximum atomic E-state index is 11.2. The fourth-order valence-corrected chi connectivity index (χ4v) is 4.44. The third kappa shape index (κ3) is 1.77. The van der Waals surface area contributed by atoms with Crippen LogP contribution in [-0.2, 0) is 0 Å². The largest absolute Gasteiger partial charge is 0.458 e. The molecule has 5 nitrogen and oxygen atoms in total. The van der Waals surface area contributed by atoms with Crippen molar-refractivity contribution in [2.24, 2.45) is 11.7 Å². The number of aromatic nitrogens is 1. The number of fused-ring (bicyclic) bond motifs is 3. The van der Waals surface area contributed by atoms with E-state index in [-0.39, 0.29) is 5.69 Å². The molecule has 2 aromatic rings. The van der Waals surface area contributed by atoms with Crippen molar-refractivity contribution in [1.29, 1.82) is 0 Å². The van der Waals surface area contributed by atoms with E-state index in [9.17, 15) is 4.79 Å². The average molecular weight is 383 g/mol. The third-order valence-electron chi connectivity index (χ3n) is 4.46. The van der Waals surface area contributed by atoms with Gasteiger partial charge in [0.25, 0.3) is 5.91 Å². The van der Waals surface area contributed by atoms with E-state index in [2.05, 4.69) is 32.9 Å². The molecule has 0 radical (unpaired) electrons. The summed E-state index contributed by atoms with van der Waals surface area (Å²) >= 11 is 2.30. The molecule has 2 bridgehead atoms. The van der Waals surface area contributed by atoms with Gasteiger partial charge in [-0.3, -0.25) is 4.79 Å². The van der Waals surface area contributed by atoms with E-state index in [0.29, 0.717) is 12.0 Å². The number of rotatable bonds is 2. The van der Waals surface area contributed by atoms with Crippen LogP contribution in [0.4, 0.5) is 0 Å². The lowest BCUT2D eigenvalue weighted by Crippen LogP contribution is -2.31. The van der Waals surface area contributed by atoms with Crippen LogP contribution in [0.15, 0.2) is 16.7 Å². The molecule has 2 fully saturated rings. The van der Waals surface area contributed by atoms with Crippen molar-refractivity contribution in [3.05, 3.63) is 27.3 Å². The number of carbonyl (C=O) groups excluding carboxylic acids is 1. The number of piperidine rings is 1. The summed E-state index contributed by atoms with van der Waals surface area (Å²) in [4.78, 5) is 15.3. The first kappa shape index (κ1) is 12.6. The number of nitrogens with two attached hydrogens (primary N) is 1. The minimum absolute atomic E-state index is 0.286. The molecule has 3 atom stereocenters. The molecule has 1 saturated heterocycles. The van der Waals surface area contributed by atoms with Crippen LogP contribution >= 0.6 is 22.6 Å². The summed E-state index contributed by atoms with van der Waals surface area (Å²) in [7, 11) is 0. The Morgan fingerprint density at radius 2 is 2.35 bits per heavy atom.